The Balaban J connectivity index is 2.92. The van der Waals surface area contributed by atoms with E-state index in [2.05, 4.69) is 10.1 Å². The van der Waals surface area contributed by atoms with Gasteiger partial charge in [0.15, 0.2) is 11.5 Å². The van der Waals surface area contributed by atoms with Crippen LogP contribution in [0.3, 0.4) is 0 Å². The van der Waals surface area contributed by atoms with E-state index in [-0.39, 0.29) is 11.5 Å². The van der Waals surface area contributed by atoms with Crippen LogP contribution >= 0.6 is 0 Å². The molecular formula is C11H14F2N2O3. The van der Waals surface area contributed by atoms with E-state index in [4.69, 9.17) is 10.5 Å². The molecule has 0 aliphatic rings. The molecule has 0 aliphatic heterocycles. The average Bonchev–Trinajstić information content (AvgIpc) is 2.28. The normalized spacial score (nSPS) is 12.1. The number of rotatable bonds is 5. The van der Waals surface area contributed by atoms with Gasteiger partial charge >= 0.3 is 6.61 Å². The maximum absolute atomic E-state index is 12.2. The van der Waals surface area contributed by atoms with Crippen LogP contribution in [0.4, 0.5) is 14.5 Å². The fourth-order valence-electron chi connectivity index (χ4n) is 1.20. The SMILES string of the molecule is COc1ccc(NC(=O)C(C)N)cc1OC(F)F. The van der Waals surface area contributed by atoms with E-state index in [9.17, 15) is 13.6 Å². The predicted octanol–water partition coefficient (Wildman–Crippen LogP) is 1.58. The number of halogens is 2. The molecule has 1 rings (SSSR count). The zero-order chi connectivity index (χ0) is 13.7. The molecular weight excluding hydrogens is 246 g/mol. The molecule has 0 spiro atoms. The summed E-state index contributed by atoms with van der Waals surface area (Å²) in [4.78, 5) is 11.3. The molecule has 1 atom stereocenters. The number of ether oxygens (including phenoxy) is 2. The van der Waals surface area contributed by atoms with E-state index in [1.54, 1.807) is 0 Å². The second-order valence-corrected chi connectivity index (χ2v) is 3.52. The molecule has 0 heterocycles. The van der Waals surface area contributed by atoms with Gasteiger partial charge in [-0.3, -0.25) is 4.79 Å². The molecule has 0 radical (unpaired) electrons. The highest BCUT2D eigenvalue weighted by Gasteiger charge is 2.13. The summed E-state index contributed by atoms with van der Waals surface area (Å²) in [6, 6.07) is 3.45. The van der Waals surface area contributed by atoms with Gasteiger partial charge in [0.1, 0.15) is 0 Å². The van der Waals surface area contributed by atoms with E-state index >= 15 is 0 Å². The number of anilines is 1. The van der Waals surface area contributed by atoms with Gasteiger partial charge < -0.3 is 20.5 Å². The van der Waals surface area contributed by atoms with Gasteiger partial charge in [-0.1, -0.05) is 0 Å². The fraction of sp³-hybridized carbons (Fsp3) is 0.364. The molecule has 1 unspecified atom stereocenters. The van der Waals surface area contributed by atoms with Crippen molar-refractivity contribution in [3.63, 3.8) is 0 Å². The minimum Gasteiger partial charge on any atom is -0.493 e. The highest BCUT2D eigenvalue weighted by atomic mass is 19.3. The number of carbonyl (C=O) groups is 1. The van der Waals surface area contributed by atoms with Crippen molar-refractivity contribution in [1.29, 1.82) is 0 Å². The largest absolute Gasteiger partial charge is 0.493 e. The van der Waals surface area contributed by atoms with Gasteiger partial charge in [-0.25, -0.2) is 0 Å². The van der Waals surface area contributed by atoms with Gasteiger partial charge in [-0.2, -0.15) is 8.78 Å². The molecule has 0 aromatic heterocycles. The molecule has 1 amide bonds. The van der Waals surface area contributed by atoms with E-state index in [1.807, 2.05) is 0 Å². The van der Waals surface area contributed by atoms with E-state index in [0.717, 1.165) is 0 Å². The number of hydrogen-bond acceptors (Lipinski definition) is 4. The zero-order valence-corrected chi connectivity index (χ0v) is 9.94. The Labute approximate surface area is 103 Å². The van der Waals surface area contributed by atoms with Crippen molar-refractivity contribution in [1.82, 2.24) is 0 Å². The number of nitrogens with two attached hydrogens (primary N) is 1. The summed E-state index contributed by atoms with van der Waals surface area (Å²) in [5.41, 5.74) is 5.67. The number of alkyl halides is 2. The standard InChI is InChI=1S/C11H14F2N2O3/c1-6(14)10(16)15-7-3-4-8(17-2)9(5-7)18-11(12)13/h3-6,11H,14H2,1-2H3,(H,15,16). The van der Waals surface area contributed by atoms with Crippen molar-refractivity contribution >= 4 is 11.6 Å². The molecule has 0 bridgehead atoms. The smallest absolute Gasteiger partial charge is 0.387 e. The number of benzene rings is 1. The Morgan fingerprint density at radius 1 is 1.39 bits per heavy atom. The minimum absolute atomic E-state index is 0.147. The first-order valence-electron chi connectivity index (χ1n) is 5.13. The lowest BCUT2D eigenvalue weighted by Gasteiger charge is -2.13. The van der Waals surface area contributed by atoms with Crippen molar-refractivity contribution in [3.05, 3.63) is 18.2 Å². The van der Waals surface area contributed by atoms with Crippen molar-refractivity contribution in [2.24, 2.45) is 5.73 Å². The highest BCUT2D eigenvalue weighted by Crippen LogP contribution is 2.31. The molecule has 0 aliphatic carbocycles. The van der Waals surface area contributed by atoms with E-state index < -0.39 is 18.6 Å². The van der Waals surface area contributed by atoms with Crippen LogP contribution in [0.25, 0.3) is 0 Å². The van der Waals surface area contributed by atoms with Crippen LogP contribution in [0.5, 0.6) is 11.5 Å². The summed E-state index contributed by atoms with van der Waals surface area (Å²) in [7, 11) is 1.33. The molecule has 1 aromatic rings. The summed E-state index contributed by atoms with van der Waals surface area (Å²) in [5, 5.41) is 2.46. The fourth-order valence-corrected chi connectivity index (χ4v) is 1.20. The third kappa shape index (κ3) is 3.85. The molecule has 1 aromatic carbocycles. The Kier molecular flexibility index (Phi) is 4.85. The average molecular weight is 260 g/mol. The topological polar surface area (TPSA) is 73.6 Å². The third-order valence-corrected chi connectivity index (χ3v) is 2.06. The second kappa shape index (κ2) is 6.15. The van der Waals surface area contributed by atoms with Crippen molar-refractivity contribution in [3.8, 4) is 11.5 Å². The summed E-state index contributed by atoms with van der Waals surface area (Å²) in [6.07, 6.45) is 0. The monoisotopic (exact) mass is 260 g/mol. The van der Waals surface area contributed by atoms with Crippen LogP contribution < -0.4 is 20.5 Å². The quantitative estimate of drug-likeness (QED) is 0.843. The van der Waals surface area contributed by atoms with Crippen LogP contribution in [-0.2, 0) is 4.79 Å². The molecule has 0 saturated heterocycles. The molecule has 18 heavy (non-hydrogen) atoms. The zero-order valence-electron chi connectivity index (χ0n) is 9.94. The summed E-state index contributed by atoms with van der Waals surface area (Å²) in [5.74, 6) is -0.438. The predicted molar refractivity (Wildman–Crippen MR) is 61.9 cm³/mol. The summed E-state index contributed by atoms with van der Waals surface area (Å²) in [6.45, 7) is -1.46. The molecule has 3 N–H and O–H groups in total. The highest BCUT2D eigenvalue weighted by molar-refractivity contribution is 5.94. The maximum Gasteiger partial charge on any atom is 0.387 e. The Morgan fingerprint density at radius 3 is 2.56 bits per heavy atom. The van der Waals surface area contributed by atoms with Crippen LogP contribution in [0.15, 0.2) is 18.2 Å². The Bertz CT molecular complexity index is 425. The summed E-state index contributed by atoms with van der Waals surface area (Å²) < 4.78 is 33.5. The van der Waals surface area contributed by atoms with Crippen molar-refractivity contribution < 1.29 is 23.0 Å². The number of methoxy groups -OCH3 is 1. The molecule has 100 valence electrons. The molecule has 7 heteroatoms. The lowest BCUT2D eigenvalue weighted by Crippen LogP contribution is -2.32. The number of amides is 1. The third-order valence-electron chi connectivity index (χ3n) is 2.06. The van der Waals surface area contributed by atoms with Crippen molar-refractivity contribution in [2.45, 2.75) is 19.6 Å². The molecule has 5 nitrogen and oxygen atoms in total. The van der Waals surface area contributed by atoms with Gasteiger partial charge in [0.2, 0.25) is 5.91 Å². The van der Waals surface area contributed by atoms with E-state index in [1.165, 1.54) is 32.2 Å². The lowest BCUT2D eigenvalue weighted by molar-refractivity contribution is -0.117. The number of nitrogens with one attached hydrogen (secondary N) is 1. The molecule has 0 saturated carbocycles. The first-order valence-corrected chi connectivity index (χ1v) is 5.13. The van der Waals surface area contributed by atoms with Crippen LogP contribution in [0, 0.1) is 0 Å². The first-order chi connectivity index (χ1) is 8.43. The second-order valence-electron chi connectivity index (χ2n) is 3.52. The Morgan fingerprint density at radius 2 is 2.06 bits per heavy atom. The lowest BCUT2D eigenvalue weighted by atomic mass is 10.2. The minimum atomic E-state index is -2.97. The molecule has 0 fully saturated rings. The maximum atomic E-state index is 12.2. The number of carbonyl (C=O) groups excluding carboxylic acids is 1. The van der Waals surface area contributed by atoms with Gasteiger partial charge in [-0.05, 0) is 19.1 Å². The Hall–Kier alpha value is -1.89. The van der Waals surface area contributed by atoms with Crippen molar-refractivity contribution in [2.75, 3.05) is 12.4 Å². The van der Waals surface area contributed by atoms with Gasteiger partial charge in [-0.15, -0.1) is 0 Å². The number of hydrogen-bond donors (Lipinski definition) is 2. The summed E-state index contributed by atoms with van der Waals surface area (Å²) >= 11 is 0. The van der Waals surface area contributed by atoms with Crippen LogP contribution in [0.2, 0.25) is 0 Å². The first kappa shape index (κ1) is 14.2. The van der Waals surface area contributed by atoms with Gasteiger partial charge in [0, 0.05) is 11.8 Å². The van der Waals surface area contributed by atoms with Gasteiger partial charge in [0.25, 0.3) is 0 Å². The van der Waals surface area contributed by atoms with Crippen LogP contribution in [-0.4, -0.2) is 25.7 Å². The van der Waals surface area contributed by atoms with Crippen LogP contribution in [0.1, 0.15) is 6.92 Å². The van der Waals surface area contributed by atoms with E-state index in [0.29, 0.717) is 5.69 Å². The van der Waals surface area contributed by atoms with Gasteiger partial charge in [0.05, 0.1) is 13.2 Å².